The monoisotopic (exact) mass is 409 g/mol. The minimum atomic E-state index is -0.667. The van der Waals surface area contributed by atoms with Crippen LogP contribution in [-0.4, -0.2) is 40.6 Å². The fourth-order valence-corrected chi connectivity index (χ4v) is 4.09. The van der Waals surface area contributed by atoms with Crippen molar-refractivity contribution in [3.05, 3.63) is 59.3 Å². The number of rotatable bonds is 4. The Morgan fingerprint density at radius 1 is 1.27 bits per heavy atom. The van der Waals surface area contributed by atoms with Gasteiger partial charge in [-0.1, -0.05) is 30.3 Å². The van der Waals surface area contributed by atoms with Gasteiger partial charge in [-0.05, 0) is 45.2 Å². The Balaban J connectivity index is 1.44. The van der Waals surface area contributed by atoms with Gasteiger partial charge in [0.25, 0.3) is 0 Å². The summed E-state index contributed by atoms with van der Waals surface area (Å²) in [6.07, 6.45) is 3.06. The summed E-state index contributed by atoms with van der Waals surface area (Å²) in [6, 6.07) is 11.5. The fourth-order valence-electron chi connectivity index (χ4n) is 4.09. The second-order valence-corrected chi connectivity index (χ2v) is 8.44. The molecule has 7 nitrogen and oxygen atoms in total. The first-order valence-electron chi connectivity index (χ1n) is 10.3. The molecule has 1 aromatic heterocycles. The van der Waals surface area contributed by atoms with E-state index in [4.69, 9.17) is 9.47 Å². The Hall–Kier alpha value is -3.09. The zero-order valence-corrected chi connectivity index (χ0v) is 17.6. The largest absolute Gasteiger partial charge is 0.451 e. The number of likely N-dealkylation sites (tertiary alicyclic amines) is 1. The van der Waals surface area contributed by atoms with Crippen LogP contribution in [-0.2, 0) is 21.7 Å². The van der Waals surface area contributed by atoms with Crippen LogP contribution in [0.25, 0.3) is 0 Å². The number of aromatic nitrogens is 1. The van der Waals surface area contributed by atoms with Gasteiger partial charge in [0.1, 0.15) is 23.6 Å². The summed E-state index contributed by atoms with van der Waals surface area (Å²) in [5, 5.41) is 3.37. The second kappa shape index (κ2) is 7.97. The molecule has 2 aromatic rings. The summed E-state index contributed by atoms with van der Waals surface area (Å²) in [5.41, 5.74) is 1.60. The van der Waals surface area contributed by atoms with Crippen molar-refractivity contribution >= 4 is 17.9 Å². The lowest BCUT2D eigenvalue weighted by Crippen LogP contribution is -2.50. The van der Waals surface area contributed by atoms with Crippen LogP contribution in [0.3, 0.4) is 0 Å². The third-order valence-corrected chi connectivity index (χ3v) is 5.81. The average molecular weight is 409 g/mol. The molecule has 0 saturated carbocycles. The van der Waals surface area contributed by atoms with E-state index in [9.17, 15) is 9.59 Å². The number of piperidine rings is 1. The van der Waals surface area contributed by atoms with Crippen molar-refractivity contribution < 1.29 is 19.1 Å². The van der Waals surface area contributed by atoms with E-state index in [1.54, 1.807) is 11.1 Å². The topological polar surface area (TPSA) is 80.8 Å². The summed E-state index contributed by atoms with van der Waals surface area (Å²) >= 11 is 0. The molecule has 0 radical (unpaired) electrons. The van der Waals surface area contributed by atoms with E-state index in [2.05, 4.69) is 10.3 Å². The molecule has 0 aliphatic carbocycles. The highest BCUT2D eigenvalue weighted by atomic mass is 16.6. The second-order valence-electron chi connectivity index (χ2n) is 8.44. The van der Waals surface area contributed by atoms with Crippen molar-refractivity contribution in [1.82, 2.24) is 9.88 Å². The van der Waals surface area contributed by atoms with E-state index in [-0.39, 0.29) is 30.8 Å². The van der Waals surface area contributed by atoms with E-state index in [1.807, 2.05) is 57.2 Å². The van der Waals surface area contributed by atoms with E-state index in [1.165, 1.54) is 0 Å². The highest BCUT2D eigenvalue weighted by molar-refractivity contribution is 5.99. The highest BCUT2D eigenvalue weighted by Crippen LogP contribution is 2.38. The van der Waals surface area contributed by atoms with Crippen LogP contribution in [0, 0.1) is 0 Å². The maximum atomic E-state index is 12.7. The zero-order valence-electron chi connectivity index (χ0n) is 17.6. The number of ether oxygens (including phenoxy) is 2. The quantitative estimate of drug-likeness (QED) is 0.766. The minimum absolute atomic E-state index is 0.0269. The Labute approximate surface area is 176 Å². The molecule has 7 heteroatoms. The maximum Gasteiger partial charge on any atom is 0.410 e. The number of cyclic esters (lactones) is 1. The lowest BCUT2D eigenvalue weighted by molar-refractivity contribution is 0.00955. The lowest BCUT2D eigenvalue weighted by atomic mass is 9.96. The highest BCUT2D eigenvalue weighted by Gasteiger charge is 2.40. The third-order valence-electron chi connectivity index (χ3n) is 5.81. The van der Waals surface area contributed by atoms with Gasteiger partial charge < -0.3 is 19.7 Å². The SMILES string of the molecule is CC1CCC(Nc2nccc3c2C(=O)OC3(C)C)CN1C(=O)OCc1ccccc1. The van der Waals surface area contributed by atoms with E-state index >= 15 is 0 Å². The number of carbonyl (C=O) groups excluding carboxylic acids is 2. The Bertz CT molecular complexity index is 945. The van der Waals surface area contributed by atoms with Crippen LogP contribution in [0.2, 0.25) is 0 Å². The molecule has 1 N–H and O–H groups in total. The van der Waals surface area contributed by atoms with Gasteiger partial charge in [0.15, 0.2) is 0 Å². The number of nitrogens with one attached hydrogen (secondary N) is 1. The molecule has 1 aromatic carbocycles. The van der Waals surface area contributed by atoms with E-state index < -0.39 is 5.60 Å². The van der Waals surface area contributed by atoms with Gasteiger partial charge in [-0.25, -0.2) is 14.6 Å². The van der Waals surface area contributed by atoms with Crippen molar-refractivity contribution in [3.63, 3.8) is 0 Å². The predicted molar refractivity (Wildman–Crippen MR) is 112 cm³/mol. The number of nitrogens with zero attached hydrogens (tertiary/aromatic N) is 2. The number of amides is 1. The summed E-state index contributed by atoms with van der Waals surface area (Å²) in [7, 11) is 0. The molecular formula is C23H27N3O4. The van der Waals surface area contributed by atoms with Crippen LogP contribution in [0.4, 0.5) is 10.6 Å². The maximum absolute atomic E-state index is 12.7. The average Bonchev–Trinajstić information content (AvgIpc) is 2.97. The molecule has 1 saturated heterocycles. The summed E-state index contributed by atoms with van der Waals surface area (Å²) in [4.78, 5) is 31.2. The molecule has 1 amide bonds. The van der Waals surface area contributed by atoms with Crippen molar-refractivity contribution in [1.29, 1.82) is 0 Å². The molecule has 158 valence electrons. The van der Waals surface area contributed by atoms with Gasteiger partial charge in [0.05, 0.1) is 0 Å². The molecule has 2 unspecified atom stereocenters. The number of hydrogen-bond donors (Lipinski definition) is 1. The van der Waals surface area contributed by atoms with Crippen molar-refractivity contribution in [2.24, 2.45) is 0 Å². The lowest BCUT2D eigenvalue weighted by Gasteiger charge is -2.37. The molecule has 0 bridgehead atoms. The van der Waals surface area contributed by atoms with Crippen molar-refractivity contribution in [3.8, 4) is 0 Å². The van der Waals surface area contributed by atoms with Crippen LogP contribution in [0.15, 0.2) is 42.6 Å². The summed E-state index contributed by atoms with van der Waals surface area (Å²) < 4.78 is 11.0. The number of anilines is 1. The van der Waals surface area contributed by atoms with Gasteiger partial charge in [-0.15, -0.1) is 0 Å². The van der Waals surface area contributed by atoms with Crippen molar-refractivity contribution in [2.75, 3.05) is 11.9 Å². The summed E-state index contributed by atoms with van der Waals surface area (Å²) in [6.45, 7) is 6.49. The Morgan fingerprint density at radius 3 is 2.80 bits per heavy atom. The number of esters is 1. The van der Waals surface area contributed by atoms with Gasteiger partial charge in [0, 0.05) is 30.4 Å². The van der Waals surface area contributed by atoms with Crippen LogP contribution >= 0.6 is 0 Å². The van der Waals surface area contributed by atoms with Gasteiger partial charge in [-0.2, -0.15) is 0 Å². The first kappa shape index (κ1) is 20.2. The Morgan fingerprint density at radius 2 is 2.03 bits per heavy atom. The third kappa shape index (κ3) is 3.97. The summed E-state index contributed by atoms with van der Waals surface area (Å²) in [5.74, 6) is 0.147. The number of pyridine rings is 1. The molecule has 3 heterocycles. The van der Waals surface area contributed by atoms with Gasteiger partial charge in [0.2, 0.25) is 0 Å². The molecular weight excluding hydrogens is 382 g/mol. The smallest absolute Gasteiger partial charge is 0.410 e. The molecule has 1 fully saturated rings. The Kier molecular flexibility index (Phi) is 5.37. The van der Waals surface area contributed by atoms with Crippen LogP contribution < -0.4 is 5.32 Å². The number of hydrogen-bond acceptors (Lipinski definition) is 6. The molecule has 2 aliphatic rings. The van der Waals surface area contributed by atoms with E-state index in [0.29, 0.717) is 17.9 Å². The van der Waals surface area contributed by atoms with E-state index in [0.717, 1.165) is 24.0 Å². The zero-order chi connectivity index (χ0) is 21.3. The number of carbonyl (C=O) groups is 2. The fraction of sp³-hybridized carbons (Fsp3) is 0.435. The van der Waals surface area contributed by atoms with Crippen LogP contribution in [0.1, 0.15) is 55.1 Å². The standard InChI is InChI=1S/C23H27N3O4/c1-15-9-10-17(13-26(15)22(28)29-14-16-7-5-4-6-8-16)25-20-19-18(11-12-24-20)23(2,3)30-21(19)27/h4-8,11-12,15,17H,9-10,13-14H2,1-3H3,(H,24,25). The van der Waals surface area contributed by atoms with Crippen molar-refractivity contribution in [2.45, 2.75) is 57.9 Å². The van der Waals surface area contributed by atoms with Gasteiger partial charge in [-0.3, -0.25) is 0 Å². The molecule has 30 heavy (non-hydrogen) atoms. The molecule has 4 rings (SSSR count). The molecule has 2 aliphatic heterocycles. The van der Waals surface area contributed by atoms with Crippen LogP contribution in [0.5, 0.6) is 0 Å². The normalized spacial score (nSPS) is 22.2. The van der Waals surface area contributed by atoms with Gasteiger partial charge >= 0.3 is 12.1 Å². The first-order chi connectivity index (χ1) is 14.3. The predicted octanol–water partition coefficient (Wildman–Crippen LogP) is 4.09. The number of benzene rings is 1. The minimum Gasteiger partial charge on any atom is -0.451 e. The molecule has 0 spiro atoms. The molecule has 2 atom stereocenters. The first-order valence-corrected chi connectivity index (χ1v) is 10.3. The number of fused-ring (bicyclic) bond motifs is 1.